The number of ketones is 2. The number of nitrogens with zero attached hydrogens (tertiary/aromatic N) is 5. The van der Waals surface area contributed by atoms with Gasteiger partial charge in [-0.25, -0.2) is 18.2 Å². The number of piperidine rings is 1. The van der Waals surface area contributed by atoms with E-state index in [9.17, 15) is 57.5 Å². The van der Waals surface area contributed by atoms with Crippen LogP contribution in [-0.2, 0) is 37.2 Å². The van der Waals surface area contributed by atoms with E-state index in [4.69, 9.17) is 23.0 Å². The number of para-hydroxylation sites is 1. The Hall–Kier alpha value is -5.86. The molecule has 0 unspecified atom stereocenters. The molecule has 0 radical (unpaired) electrons. The predicted octanol–water partition coefficient (Wildman–Crippen LogP) is 8.56. The van der Waals surface area contributed by atoms with Gasteiger partial charge in [0.2, 0.25) is 27.9 Å². The molecule has 2 aliphatic rings. The van der Waals surface area contributed by atoms with Crippen molar-refractivity contribution in [2.24, 2.45) is 5.92 Å². The Bertz CT molecular complexity index is 2340. The third kappa shape index (κ3) is 13.8. The van der Waals surface area contributed by atoms with Gasteiger partial charge in [-0.05, 0) is 73.4 Å². The predicted molar refractivity (Wildman–Crippen MR) is 203 cm³/mol. The number of fused-ring (bicyclic) bond motifs is 6. The molecule has 2 aromatic heterocycles. The maximum atomic E-state index is 13.2. The van der Waals surface area contributed by atoms with Gasteiger partial charge in [0.15, 0.2) is 5.82 Å². The molecule has 0 saturated carbocycles. The lowest BCUT2D eigenvalue weighted by atomic mass is 9.94. The Balaban J connectivity index is 0.000000382. The molecule has 61 heavy (non-hydrogen) atoms. The topological polar surface area (TPSA) is 168 Å². The maximum Gasteiger partial charge on any atom is 0.458 e. The number of Topliss-reactive ketones (excluding diaryl/α,β-unsaturated/α-hetero) is 2. The fourth-order valence-electron chi connectivity index (χ4n) is 5.82. The maximum absolute atomic E-state index is 13.2. The highest BCUT2D eigenvalue weighted by molar-refractivity contribution is 7.89. The van der Waals surface area contributed by atoms with E-state index >= 15 is 0 Å². The van der Waals surface area contributed by atoms with E-state index in [1.807, 2.05) is 12.3 Å². The van der Waals surface area contributed by atoms with Crippen molar-refractivity contribution in [1.82, 2.24) is 19.3 Å². The van der Waals surface area contributed by atoms with Crippen LogP contribution in [-0.4, -0.2) is 83.7 Å². The third-order valence-corrected chi connectivity index (χ3v) is 11.0. The van der Waals surface area contributed by atoms with Gasteiger partial charge >= 0.3 is 30.1 Å². The van der Waals surface area contributed by atoms with Crippen LogP contribution in [0.4, 0.5) is 74.0 Å². The number of rotatable bonds is 7. The number of nitrogens with one attached hydrogen (secondary N) is 3. The lowest BCUT2D eigenvalue weighted by Crippen LogP contribution is -2.39. The van der Waals surface area contributed by atoms with Crippen molar-refractivity contribution in [3.8, 4) is 0 Å². The van der Waals surface area contributed by atoms with E-state index in [0.29, 0.717) is 35.8 Å². The fourth-order valence-corrected chi connectivity index (χ4v) is 7.55. The van der Waals surface area contributed by atoms with Crippen LogP contribution in [0.15, 0.2) is 72.0 Å². The van der Waals surface area contributed by atoms with Crippen LogP contribution in [0.3, 0.4) is 0 Å². The molecular weight excluding hydrogens is 875 g/mol. The molecule has 0 amide bonds. The van der Waals surface area contributed by atoms with Gasteiger partial charge in [-0.2, -0.15) is 48.8 Å². The largest absolute Gasteiger partial charge is 0.458 e. The number of aryl methyl sites for hydroxylation is 2. The number of carbonyl (C=O) groups excluding carboxylic acids is 3. The Morgan fingerprint density at radius 3 is 2.15 bits per heavy atom. The summed E-state index contributed by atoms with van der Waals surface area (Å²) in [5.41, 5.74) is 5.18. The number of anilines is 5. The normalized spacial score (nSPS) is 14.6. The highest BCUT2D eigenvalue weighted by Gasteiger charge is 2.54. The second-order valence-electron chi connectivity index (χ2n) is 13.0. The van der Waals surface area contributed by atoms with Gasteiger partial charge < -0.3 is 16.0 Å². The van der Waals surface area contributed by atoms with Crippen LogP contribution in [0.1, 0.15) is 30.4 Å². The summed E-state index contributed by atoms with van der Waals surface area (Å²) in [5, 5.41) is 10.6. The summed E-state index contributed by atoms with van der Waals surface area (Å²) >= 11 is 6.40. The molecule has 24 heteroatoms. The summed E-state index contributed by atoms with van der Waals surface area (Å²) in [6, 6.07) is 14.7. The van der Waals surface area contributed by atoms with Crippen LogP contribution in [0, 0.1) is 12.5 Å². The smallest absolute Gasteiger partial charge is 0.385 e. The summed E-state index contributed by atoms with van der Waals surface area (Å²) in [6.07, 6.45) is -7.93. The summed E-state index contributed by atoms with van der Waals surface area (Å²) in [6.45, 7) is 9.03. The lowest BCUT2D eigenvalue weighted by molar-refractivity contribution is -0.193. The highest BCUT2D eigenvalue weighted by Crippen LogP contribution is 2.32. The van der Waals surface area contributed by atoms with Crippen molar-refractivity contribution in [2.45, 2.75) is 55.5 Å². The van der Waals surface area contributed by atoms with Gasteiger partial charge in [0, 0.05) is 37.2 Å². The Labute approximate surface area is 346 Å². The first-order valence-corrected chi connectivity index (χ1v) is 19.4. The number of carbonyl (C=O) groups is 3. The van der Waals surface area contributed by atoms with Gasteiger partial charge in [-0.15, -0.1) is 0 Å². The van der Waals surface area contributed by atoms with Crippen molar-refractivity contribution in [2.75, 3.05) is 35.6 Å². The number of halogens is 10. The number of aromatic nitrogens is 3. The summed E-state index contributed by atoms with van der Waals surface area (Å²) < 4.78 is 126. The Kier molecular flexibility index (Phi) is 15.8. The van der Waals surface area contributed by atoms with Gasteiger partial charge in [-0.1, -0.05) is 35.9 Å². The van der Waals surface area contributed by atoms with E-state index in [0.717, 1.165) is 66.8 Å². The molecule has 1 fully saturated rings. The Morgan fingerprint density at radius 1 is 0.902 bits per heavy atom. The van der Waals surface area contributed by atoms with E-state index in [-0.39, 0.29) is 10.6 Å². The van der Waals surface area contributed by atoms with Crippen LogP contribution in [0.25, 0.3) is 4.85 Å². The van der Waals surface area contributed by atoms with E-state index in [1.165, 1.54) is 10.4 Å². The van der Waals surface area contributed by atoms with Crippen LogP contribution in [0.2, 0.25) is 5.02 Å². The monoisotopic (exact) mass is 906 g/mol. The van der Waals surface area contributed by atoms with Crippen molar-refractivity contribution in [3.63, 3.8) is 0 Å². The molecule has 2 aliphatic heterocycles. The molecule has 13 nitrogen and oxygen atoms in total. The molecule has 0 aliphatic carbocycles. The van der Waals surface area contributed by atoms with Crippen LogP contribution in [0.5, 0.6) is 0 Å². The molecule has 0 spiro atoms. The third-order valence-electron chi connectivity index (χ3n) is 8.75. The number of hydrogen-bond acceptors (Lipinski definition) is 11. The number of pyridine rings is 1. The van der Waals surface area contributed by atoms with Crippen molar-refractivity contribution < 1.29 is 62.3 Å². The minimum atomic E-state index is -5.77. The zero-order valence-electron chi connectivity index (χ0n) is 31.1. The molecule has 2 aromatic carbocycles. The minimum absolute atomic E-state index is 0.0957. The summed E-state index contributed by atoms with van der Waals surface area (Å²) in [7, 11) is -3.68. The minimum Gasteiger partial charge on any atom is -0.385 e. The van der Waals surface area contributed by atoms with Gasteiger partial charge in [0.05, 0.1) is 29.5 Å². The summed E-state index contributed by atoms with van der Waals surface area (Å²) in [4.78, 5) is 44.7. The van der Waals surface area contributed by atoms with Crippen LogP contribution < -0.4 is 16.0 Å². The molecule has 6 rings (SSSR count). The number of alkyl halides is 9. The number of hydrogen-bond donors (Lipinski definition) is 3. The number of benzene rings is 2. The standard InChI is InChI=1S/C31H31ClN8O2S.C4F6O2.C2HF3O/c1-33-28-4-2-3-5-29(28)43(41,42)40-14-11-21(12-15-40)10-13-35-27-9-8-24-17-23(27)7-6-22-16-25(19-34-18-22)38-31-36-20-26(32)30(37-24)39-31;5-3(6,7)1(11)2(12)4(8,9)10;3-2(4,5)1-6/h2-5,8-9,16-21,35H,6-7,10-15H2,(H2,36,37,38,39);;1H. The van der Waals surface area contributed by atoms with Crippen molar-refractivity contribution in [1.29, 1.82) is 0 Å². The van der Waals surface area contributed by atoms with Crippen molar-refractivity contribution >= 4 is 74.0 Å². The molecule has 4 heterocycles. The van der Waals surface area contributed by atoms with E-state index in [1.54, 1.807) is 30.6 Å². The first-order valence-electron chi connectivity index (χ1n) is 17.6. The van der Waals surface area contributed by atoms with Gasteiger partial charge in [0.25, 0.3) is 0 Å². The average molecular weight is 907 g/mol. The average Bonchev–Trinajstić information content (AvgIpc) is 3.21. The quantitative estimate of drug-likeness (QED) is 0.0704. The molecular formula is C37H32ClF9N8O5S. The van der Waals surface area contributed by atoms with Crippen molar-refractivity contribution in [3.05, 3.63) is 94.7 Å². The first-order chi connectivity index (χ1) is 28.5. The fraction of sp³-hybridized carbons (Fsp3) is 0.324. The molecule has 6 bridgehead atoms. The number of sulfonamides is 1. The van der Waals surface area contributed by atoms with Crippen LogP contribution >= 0.6 is 11.6 Å². The highest BCUT2D eigenvalue weighted by atomic mass is 35.5. The van der Waals surface area contributed by atoms with E-state index < -0.39 is 46.4 Å². The molecule has 0 atom stereocenters. The SMILES string of the molecule is O=C(C(=O)C(F)(F)F)C(F)(F)F.O=CC(F)(F)F.[C-]#[N+]c1ccccc1S(=O)(=O)N1CCC(CCNc2ccc3cc2CCc2cncc(c2)Nc2ncc(Cl)c(n2)N3)CC1. The zero-order valence-corrected chi connectivity index (χ0v) is 32.7. The lowest BCUT2D eigenvalue weighted by Gasteiger charge is -2.31. The molecule has 326 valence electrons. The summed E-state index contributed by atoms with van der Waals surface area (Å²) in [5.74, 6) is -5.46. The molecule has 1 saturated heterocycles. The van der Waals surface area contributed by atoms with Gasteiger partial charge in [0.1, 0.15) is 5.02 Å². The Morgan fingerprint density at radius 2 is 1.54 bits per heavy atom. The second-order valence-corrected chi connectivity index (χ2v) is 15.4. The number of aldehydes is 1. The molecule has 3 N–H and O–H groups in total. The zero-order chi connectivity index (χ0) is 45.2. The molecule has 4 aromatic rings. The second kappa shape index (κ2) is 20.1. The van der Waals surface area contributed by atoms with Gasteiger partial charge in [-0.3, -0.25) is 19.4 Å². The first kappa shape index (κ1) is 47.8. The van der Waals surface area contributed by atoms with E-state index in [2.05, 4.69) is 53.9 Å².